The number of aromatic nitrogens is 2. The topological polar surface area (TPSA) is 116 Å². The van der Waals surface area contributed by atoms with Gasteiger partial charge in [0.1, 0.15) is 36.4 Å². The second-order valence-corrected chi connectivity index (χ2v) is 11.2. The number of carbonyl (C=O) groups is 1. The van der Waals surface area contributed by atoms with Crippen LogP contribution in [0.15, 0.2) is 70.6 Å². The van der Waals surface area contributed by atoms with Gasteiger partial charge < -0.3 is 18.9 Å². The molecule has 1 aromatic heterocycles. The lowest BCUT2D eigenvalue weighted by Gasteiger charge is -2.14. The molecule has 0 aliphatic rings. The van der Waals surface area contributed by atoms with Gasteiger partial charge in [0.25, 0.3) is 5.91 Å². The number of anilines is 1. The second-order valence-electron chi connectivity index (χ2n) is 8.96. The van der Waals surface area contributed by atoms with E-state index in [9.17, 15) is 10.1 Å². The predicted molar refractivity (Wildman–Crippen MR) is 165 cm³/mol. The largest absolute Gasteiger partial charge is 0.497 e. The van der Waals surface area contributed by atoms with Crippen LogP contribution in [0.3, 0.4) is 0 Å². The van der Waals surface area contributed by atoms with Crippen LogP contribution < -0.4 is 24.3 Å². The fourth-order valence-corrected chi connectivity index (χ4v) is 5.58. The van der Waals surface area contributed by atoms with Crippen molar-refractivity contribution in [3.8, 4) is 29.1 Å². The minimum atomic E-state index is -0.580. The summed E-state index contributed by atoms with van der Waals surface area (Å²) in [6, 6.07) is 20.9. The molecule has 9 nitrogen and oxygen atoms in total. The van der Waals surface area contributed by atoms with E-state index in [1.807, 2.05) is 62.4 Å². The number of amides is 1. The molecular weight excluding hydrogens is 572 g/mol. The summed E-state index contributed by atoms with van der Waals surface area (Å²) in [6.07, 6.45) is 1.48. The number of aryl methyl sites for hydroxylation is 2. The molecule has 216 valence electrons. The van der Waals surface area contributed by atoms with Crippen LogP contribution in [-0.4, -0.2) is 43.5 Å². The molecule has 0 fully saturated rings. The number of ether oxygens (including phenoxy) is 4. The number of thioether (sulfide) groups is 1. The van der Waals surface area contributed by atoms with E-state index in [4.69, 9.17) is 18.9 Å². The Hall–Kier alpha value is -4.53. The van der Waals surface area contributed by atoms with Gasteiger partial charge in [0.05, 0.1) is 14.2 Å². The lowest BCUT2D eigenvalue weighted by molar-refractivity contribution is -0.112. The summed E-state index contributed by atoms with van der Waals surface area (Å²) in [7, 11) is 3.16. The quantitative estimate of drug-likeness (QED) is 0.0604. The van der Waals surface area contributed by atoms with Crippen molar-refractivity contribution in [1.82, 2.24) is 10.2 Å². The van der Waals surface area contributed by atoms with E-state index in [-0.39, 0.29) is 5.57 Å². The third-order valence-corrected chi connectivity index (χ3v) is 8.05. The van der Waals surface area contributed by atoms with Crippen molar-refractivity contribution in [2.45, 2.75) is 23.9 Å². The minimum absolute atomic E-state index is 0.0876. The first kappa shape index (κ1) is 30.4. The Bertz CT molecular complexity index is 1580. The monoisotopic (exact) mass is 602 g/mol. The predicted octanol–water partition coefficient (Wildman–Crippen LogP) is 6.47. The summed E-state index contributed by atoms with van der Waals surface area (Å²) in [5.41, 5.74) is 3.75. The average Bonchev–Trinajstić information content (AvgIpc) is 3.45. The molecule has 0 aliphatic carbocycles. The van der Waals surface area contributed by atoms with Crippen LogP contribution in [0.2, 0.25) is 0 Å². The van der Waals surface area contributed by atoms with E-state index < -0.39 is 5.91 Å². The molecule has 0 spiro atoms. The molecule has 42 heavy (non-hydrogen) atoms. The maximum atomic E-state index is 12.8. The Kier molecular flexibility index (Phi) is 10.8. The Morgan fingerprint density at radius 2 is 1.71 bits per heavy atom. The van der Waals surface area contributed by atoms with E-state index in [2.05, 4.69) is 15.5 Å². The summed E-state index contributed by atoms with van der Waals surface area (Å²) >= 11 is 2.74. The maximum absolute atomic E-state index is 12.8. The first-order chi connectivity index (χ1) is 20.4. The Morgan fingerprint density at radius 3 is 2.40 bits per heavy atom. The number of benzene rings is 3. The number of hydrogen-bond acceptors (Lipinski definition) is 10. The summed E-state index contributed by atoms with van der Waals surface area (Å²) < 4.78 is 23.1. The molecule has 0 saturated heterocycles. The van der Waals surface area contributed by atoms with Crippen LogP contribution >= 0.6 is 23.1 Å². The summed E-state index contributed by atoms with van der Waals surface area (Å²) in [5.74, 6) is 2.75. The number of nitrogens with one attached hydrogen (secondary N) is 1. The van der Waals surface area contributed by atoms with Gasteiger partial charge in [0.2, 0.25) is 5.13 Å². The zero-order chi connectivity index (χ0) is 29.9. The van der Waals surface area contributed by atoms with Crippen LogP contribution in [0.25, 0.3) is 6.08 Å². The molecule has 0 bridgehead atoms. The minimum Gasteiger partial charge on any atom is -0.497 e. The van der Waals surface area contributed by atoms with Gasteiger partial charge in [-0.1, -0.05) is 59.5 Å². The van der Waals surface area contributed by atoms with E-state index in [0.29, 0.717) is 45.5 Å². The van der Waals surface area contributed by atoms with Gasteiger partial charge in [0.15, 0.2) is 15.8 Å². The Balaban J connectivity index is 1.33. The van der Waals surface area contributed by atoms with Gasteiger partial charge in [-0.25, -0.2) is 0 Å². The molecule has 1 amide bonds. The van der Waals surface area contributed by atoms with E-state index in [0.717, 1.165) is 28.2 Å². The molecule has 4 aromatic rings. The smallest absolute Gasteiger partial charge is 0.268 e. The number of para-hydroxylation sites is 1. The summed E-state index contributed by atoms with van der Waals surface area (Å²) in [5, 5.41) is 20.8. The molecule has 0 radical (unpaired) electrons. The van der Waals surface area contributed by atoms with E-state index in [1.165, 1.54) is 36.3 Å². The molecular formula is C31H30N4O5S2. The van der Waals surface area contributed by atoms with Crippen molar-refractivity contribution in [3.05, 3.63) is 88.5 Å². The zero-order valence-electron chi connectivity index (χ0n) is 23.7. The number of nitrogens with zero attached hydrogens (tertiary/aromatic N) is 3. The fraction of sp³-hybridized carbons (Fsp3) is 0.226. The molecule has 0 saturated carbocycles. The molecule has 3 aromatic carbocycles. The van der Waals surface area contributed by atoms with Crippen LogP contribution in [0.4, 0.5) is 5.13 Å². The summed E-state index contributed by atoms with van der Waals surface area (Å²) in [4.78, 5) is 12.8. The zero-order valence-corrected chi connectivity index (χ0v) is 25.3. The van der Waals surface area contributed by atoms with Gasteiger partial charge in [-0.3, -0.25) is 10.1 Å². The van der Waals surface area contributed by atoms with Crippen molar-refractivity contribution >= 4 is 40.2 Å². The van der Waals surface area contributed by atoms with Crippen LogP contribution in [0.1, 0.15) is 22.3 Å². The second kappa shape index (κ2) is 14.9. The molecule has 1 heterocycles. The van der Waals surface area contributed by atoms with Gasteiger partial charge in [-0.2, -0.15) is 5.26 Å². The number of rotatable bonds is 13. The lowest BCUT2D eigenvalue weighted by atomic mass is 10.1. The van der Waals surface area contributed by atoms with Crippen molar-refractivity contribution in [2.75, 3.05) is 32.8 Å². The molecule has 0 atom stereocenters. The van der Waals surface area contributed by atoms with Crippen LogP contribution in [0, 0.1) is 25.2 Å². The third kappa shape index (κ3) is 8.25. The Labute approximate surface area is 253 Å². The normalized spacial score (nSPS) is 11.0. The highest BCUT2D eigenvalue weighted by atomic mass is 32.2. The molecule has 4 rings (SSSR count). The molecule has 1 N–H and O–H groups in total. The fourth-order valence-electron chi connectivity index (χ4n) is 3.88. The highest BCUT2D eigenvalue weighted by molar-refractivity contribution is 8.00. The van der Waals surface area contributed by atoms with E-state index in [1.54, 1.807) is 25.3 Å². The van der Waals surface area contributed by atoms with E-state index >= 15 is 0 Å². The van der Waals surface area contributed by atoms with Crippen molar-refractivity contribution in [1.29, 1.82) is 5.26 Å². The lowest BCUT2D eigenvalue weighted by Crippen LogP contribution is -2.13. The van der Waals surface area contributed by atoms with Crippen LogP contribution in [0.5, 0.6) is 23.0 Å². The first-order valence-electron chi connectivity index (χ1n) is 12.9. The van der Waals surface area contributed by atoms with Gasteiger partial charge in [-0.15, -0.1) is 10.2 Å². The van der Waals surface area contributed by atoms with Gasteiger partial charge in [-0.05, 0) is 66.4 Å². The number of methoxy groups -OCH3 is 2. The van der Waals surface area contributed by atoms with Crippen molar-refractivity contribution < 1.29 is 23.7 Å². The molecule has 0 unspecified atom stereocenters. The first-order valence-corrected chi connectivity index (χ1v) is 14.7. The van der Waals surface area contributed by atoms with Gasteiger partial charge in [0, 0.05) is 5.75 Å². The molecule has 0 aliphatic heterocycles. The van der Waals surface area contributed by atoms with Crippen molar-refractivity contribution in [2.24, 2.45) is 0 Å². The third-order valence-electron chi connectivity index (χ3n) is 6.01. The Morgan fingerprint density at radius 1 is 0.976 bits per heavy atom. The highest BCUT2D eigenvalue weighted by Gasteiger charge is 2.14. The number of nitriles is 1. The average molecular weight is 603 g/mol. The summed E-state index contributed by atoms with van der Waals surface area (Å²) in [6.45, 7) is 4.68. The standard InChI is InChI=1S/C31H30N4O5S2/c1-20-6-5-7-21(2)28(20)40-15-14-39-26-13-10-23(17-27(26)38-4)16-24(18-32)29(36)33-30-34-35-31(42-30)41-19-22-8-11-25(37-3)12-9-22/h5-13,16-17H,14-15,19H2,1-4H3,(H,33,34,36). The van der Waals surface area contributed by atoms with Crippen molar-refractivity contribution in [3.63, 3.8) is 0 Å². The maximum Gasteiger partial charge on any atom is 0.268 e. The number of hydrogen-bond donors (Lipinski definition) is 1. The molecule has 11 heteroatoms. The van der Waals surface area contributed by atoms with Gasteiger partial charge >= 0.3 is 0 Å². The highest BCUT2D eigenvalue weighted by Crippen LogP contribution is 2.31. The number of carbonyl (C=O) groups excluding carboxylic acids is 1. The van der Waals surface area contributed by atoms with Crippen LogP contribution in [-0.2, 0) is 10.5 Å². The SMILES string of the molecule is COc1ccc(CSc2nnc(NC(=O)C(C#N)=Cc3ccc(OCCOc4c(C)cccc4C)c(OC)c3)s2)cc1.